The van der Waals surface area contributed by atoms with E-state index in [0.29, 0.717) is 29.6 Å². The van der Waals surface area contributed by atoms with Crippen molar-refractivity contribution in [1.82, 2.24) is 5.32 Å². The average Bonchev–Trinajstić information content (AvgIpc) is 2.68. The summed E-state index contributed by atoms with van der Waals surface area (Å²) >= 11 is 0. The number of carbonyl (C=O) groups is 2. The monoisotopic (exact) mass is 411 g/mol. The Labute approximate surface area is 179 Å². The number of carbonyl (C=O) groups excluding carboxylic acids is 2. The molecule has 30 heavy (non-hydrogen) atoms. The first-order valence-electron chi connectivity index (χ1n) is 10.5. The van der Waals surface area contributed by atoms with Gasteiger partial charge in [0.2, 0.25) is 5.91 Å². The minimum absolute atomic E-state index is 0.103. The topological polar surface area (TPSA) is 79.5 Å². The SMILES string of the molecule is CCOc1ccc(NC(=O)C(C)C)cc1C(=O)NC(C)c1cccc(NC(C)C)c1. The highest BCUT2D eigenvalue weighted by Gasteiger charge is 2.18. The van der Waals surface area contributed by atoms with E-state index in [-0.39, 0.29) is 23.8 Å². The fourth-order valence-corrected chi connectivity index (χ4v) is 2.94. The molecule has 0 radical (unpaired) electrons. The van der Waals surface area contributed by atoms with E-state index < -0.39 is 0 Å². The summed E-state index contributed by atoms with van der Waals surface area (Å²) in [7, 11) is 0. The van der Waals surface area contributed by atoms with Gasteiger partial charge in [0.1, 0.15) is 5.75 Å². The van der Waals surface area contributed by atoms with Gasteiger partial charge >= 0.3 is 0 Å². The highest BCUT2D eigenvalue weighted by molar-refractivity contribution is 6.00. The number of anilines is 2. The maximum absolute atomic E-state index is 13.0. The van der Waals surface area contributed by atoms with Gasteiger partial charge in [0.15, 0.2) is 0 Å². The summed E-state index contributed by atoms with van der Waals surface area (Å²) in [5, 5.41) is 9.24. The lowest BCUT2D eigenvalue weighted by molar-refractivity contribution is -0.118. The predicted octanol–water partition coefficient (Wildman–Crippen LogP) is 4.99. The van der Waals surface area contributed by atoms with Crippen molar-refractivity contribution in [2.75, 3.05) is 17.2 Å². The second-order valence-electron chi connectivity index (χ2n) is 7.91. The Morgan fingerprint density at radius 3 is 2.33 bits per heavy atom. The van der Waals surface area contributed by atoms with E-state index in [1.807, 2.05) is 52.0 Å². The van der Waals surface area contributed by atoms with Crippen LogP contribution in [0.25, 0.3) is 0 Å². The quantitative estimate of drug-likeness (QED) is 0.543. The maximum atomic E-state index is 13.0. The molecule has 0 heterocycles. The molecular formula is C24H33N3O3. The number of amides is 2. The van der Waals surface area contributed by atoms with Gasteiger partial charge in [0.05, 0.1) is 18.2 Å². The summed E-state index contributed by atoms with van der Waals surface area (Å²) in [5.74, 6) is -0.0252. The molecule has 1 unspecified atom stereocenters. The summed E-state index contributed by atoms with van der Waals surface area (Å²) in [5.41, 5.74) is 2.97. The third-order valence-electron chi connectivity index (χ3n) is 4.51. The smallest absolute Gasteiger partial charge is 0.255 e. The van der Waals surface area contributed by atoms with Gasteiger partial charge in [0.25, 0.3) is 5.91 Å². The van der Waals surface area contributed by atoms with Crippen molar-refractivity contribution in [1.29, 1.82) is 0 Å². The Morgan fingerprint density at radius 1 is 0.967 bits per heavy atom. The van der Waals surface area contributed by atoms with Gasteiger partial charge in [-0.3, -0.25) is 9.59 Å². The standard InChI is InChI=1S/C24H33N3O3/c1-7-30-22-12-11-20(27-23(28)15(2)3)14-21(22)24(29)26-17(6)18-9-8-10-19(13-18)25-16(4)5/h8-17,25H,7H2,1-6H3,(H,26,29)(H,27,28). The van der Waals surface area contributed by atoms with Crippen LogP contribution in [0, 0.1) is 5.92 Å². The first-order valence-corrected chi connectivity index (χ1v) is 10.5. The fourth-order valence-electron chi connectivity index (χ4n) is 2.94. The van der Waals surface area contributed by atoms with Gasteiger partial charge in [-0.1, -0.05) is 26.0 Å². The molecule has 1 atom stereocenters. The number of nitrogens with one attached hydrogen (secondary N) is 3. The van der Waals surface area contributed by atoms with Crippen molar-refractivity contribution in [3.05, 3.63) is 53.6 Å². The number of hydrogen-bond donors (Lipinski definition) is 3. The largest absolute Gasteiger partial charge is 0.493 e. The van der Waals surface area contributed by atoms with Crippen LogP contribution in [0.1, 0.15) is 63.5 Å². The molecule has 0 aliphatic rings. The van der Waals surface area contributed by atoms with Crippen molar-refractivity contribution < 1.29 is 14.3 Å². The highest BCUT2D eigenvalue weighted by Crippen LogP contribution is 2.25. The van der Waals surface area contributed by atoms with Gasteiger partial charge in [-0.15, -0.1) is 0 Å². The Kier molecular flexibility index (Phi) is 8.27. The van der Waals surface area contributed by atoms with Crippen LogP contribution >= 0.6 is 0 Å². The summed E-state index contributed by atoms with van der Waals surface area (Å²) in [6.07, 6.45) is 0. The summed E-state index contributed by atoms with van der Waals surface area (Å²) in [6, 6.07) is 13.2. The molecule has 162 valence electrons. The minimum Gasteiger partial charge on any atom is -0.493 e. The van der Waals surface area contributed by atoms with Crippen LogP contribution < -0.4 is 20.7 Å². The fraction of sp³-hybridized carbons (Fsp3) is 0.417. The molecule has 0 aliphatic carbocycles. The van der Waals surface area contributed by atoms with E-state index >= 15 is 0 Å². The van der Waals surface area contributed by atoms with Gasteiger partial charge in [-0.05, 0) is 63.6 Å². The van der Waals surface area contributed by atoms with Crippen LogP contribution in [0.15, 0.2) is 42.5 Å². The molecule has 0 saturated carbocycles. The van der Waals surface area contributed by atoms with Crippen molar-refractivity contribution in [3.8, 4) is 5.75 Å². The van der Waals surface area contributed by atoms with E-state index in [9.17, 15) is 9.59 Å². The van der Waals surface area contributed by atoms with Crippen molar-refractivity contribution in [3.63, 3.8) is 0 Å². The van der Waals surface area contributed by atoms with Crippen LogP contribution in [0.3, 0.4) is 0 Å². The molecule has 0 aromatic heterocycles. The Bertz CT molecular complexity index is 878. The number of ether oxygens (including phenoxy) is 1. The Balaban J connectivity index is 2.22. The van der Waals surface area contributed by atoms with E-state index in [4.69, 9.17) is 4.74 Å². The maximum Gasteiger partial charge on any atom is 0.255 e. The molecule has 3 N–H and O–H groups in total. The van der Waals surface area contributed by atoms with Crippen molar-refractivity contribution >= 4 is 23.2 Å². The zero-order valence-corrected chi connectivity index (χ0v) is 18.7. The van der Waals surface area contributed by atoms with Crippen LogP contribution in [0.2, 0.25) is 0 Å². The molecule has 0 aliphatic heterocycles. The molecule has 2 amide bonds. The summed E-state index contributed by atoms with van der Waals surface area (Å²) in [4.78, 5) is 25.1. The predicted molar refractivity (Wildman–Crippen MR) is 122 cm³/mol. The van der Waals surface area contributed by atoms with Crippen molar-refractivity contribution in [2.24, 2.45) is 5.92 Å². The van der Waals surface area contributed by atoms with E-state index in [1.165, 1.54) is 0 Å². The first-order chi connectivity index (χ1) is 14.2. The molecule has 0 spiro atoms. The molecule has 2 aromatic rings. The van der Waals surface area contributed by atoms with Gasteiger partial charge in [-0.25, -0.2) is 0 Å². The third kappa shape index (κ3) is 6.51. The summed E-state index contributed by atoms with van der Waals surface area (Å²) in [6.45, 7) is 12.1. The lowest BCUT2D eigenvalue weighted by Gasteiger charge is -2.19. The van der Waals surface area contributed by atoms with Crippen LogP contribution in [0.5, 0.6) is 5.75 Å². The van der Waals surface area contributed by atoms with Gasteiger partial charge in [-0.2, -0.15) is 0 Å². The summed E-state index contributed by atoms with van der Waals surface area (Å²) < 4.78 is 5.63. The minimum atomic E-state index is -0.256. The van der Waals surface area contributed by atoms with Gasteiger partial charge in [0, 0.05) is 23.3 Å². The van der Waals surface area contributed by atoms with E-state index in [1.54, 1.807) is 18.2 Å². The highest BCUT2D eigenvalue weighted by atomic mass is 16.5. The second kappa shape index (κ2) is 10.7. The number of rotatable bonds is 9. The third-order valence-corrected chi connectivity index (χ3v) is 4.51. The zero-order valence-electron chi connectivity index (χ0n) is 18.7. The molecule has 2 aromatic carbocycles. The zero-order chi connectivity index (χ0) is 22.3. The van der Waals surface area contributed by atoms with Crippen LogP contribution in [-0.2, 0) is 4.79 Å². The van der Waals surface area contributed by atoms with Crippen molar-refractivity contribution in [2.45, 2.75) is 53.6 Å². The lowest BCUT2D eigenvalue weighted by Crippen LogP contribution is -2.27. The molecule has 6 heteroatoms. The number of benzene rings is 2. The molecule has 0 saturated heterocycles. The molecule has 0 fully saturated rings. The normalized spacial score (nSPS) is 11.9. The lowest BCUT2D eigenvalue weighted by atomic mass is 10.1. The molecule has 2 rings (SSSR count). The molecular weight excluding hydrogens is 378 g/mol. The van der Waals surface area contributed by atoms with Crippen LogP contribution in [-0.4, -0.2) is 24.5 Å². The van der Waals surface area contributed by atoms with E-state index in [0.717, 1.165) is 11.3 Å². The molecule has 6 nitrogen and oxygen atoms in total. The first kappa shape index (κ1) is 23.3. The van der Waals surface area contributed by atoms with Crippen LogP contribution in [0.4, 0.5) is 11.4 Å². The number of hydrogen-bond acceptors (Lipinski definition) is 4. The second-order valence-corrected chi connectivity index (χ2v) is 7.91. The van der Waals surface area contributed by atoms with Gasteiger partial charge < -0.3 is 20.7 Å². The molecule has 0 bridgehead atoms. The Hall–Kier alpha value is -3.02. The van der Waals surface area contributed by atoms with E-state index in [2.05, 4.69) is 29.8 Å². The Morgan fingerprint density at radius 2 is 1.70 bits per heavy atom. The average molecular weight is 412 g/mol.